The van der Waals surface area contributed by atoms with Crippen LogP contribution >= 0.6 is 0 Å². The fraction of sp³-hybridized carbons (Fsp3) is 0.786. The van der Waals surface area contributed by atoms with E-state index in [1.165, 1.54) is 11.4 Å². The molecule has 1 aromatic rings. The lowest BCUT2D eigenvalue weighted by Gasteiger charge is -2.30. The lowest BCUT2D eigenvalue weighted by Crippen LogP contribution is -2.33. The Labute approximate surface area is 110 Å². The minimum Gasteiger partial charge on any atom is -0.381 e. The van der Waals surface area contributed by atoms with Gasteiger partial charge < -0.3 is 10.1 Å². The highest BCUT2D eigenvalue weighted by Crippen LogP contribution is 2.30. The average Bonchev–Trinajstić information content (AvgIpc) is 2.78. The van der Waals surface area contributed by atoms with E-state index in [9.17, 15) is 0 Å². The Bertz CT molecular complexity index is 369. The number of hydrogen-bond acceptors (Lipinski definition) is 3. The highest BCUT2D eigenvalue weighted by atomic mass is 16.5. The lowest BCUT2D eigenvalue weighted by molar-refractivity contribution is 0.0528. The first-order valence-corrected chi connectivity index (χ1v) is 7.10. The molecular weight excluding hydrogens is 226 g/mol. The van der Waals surface area contributed by atoms with Crippen molar-refractivity contribution in [2.75, 3.05) is 19.8 Å². The highest BCUT2D eigenvalue weighted by molar-refractivity contribution is 5.15. The number of aryl methyl sites for hydroxylation is 2. The number of rotatable bonds is 5. The fourth-order valence-electron chi connectivity index (χ4n) is 2.79. The van der Waals surface area contributed by atoms with Crippen LogP contribution < -0.4 is 5.32 Å². The van der Waals surface area contributed by atoms with Crippen molar-refractivity contribution >= 4 is 0 Å². The molecule has 1 saturated heterocycles. The van der Waals surface area contributed by atoms with Crippen LogP contribution in [0.2, 0.25) is 0 Å². The Hall–Kier alpha value is -0.870. The van der Waals surface area contributed by atoms with Crippen LogP contribution in [0.1, 0.15) is 44.1 Å². The van der Waals surface area contributed by atoms with Gasteiger partial charge in [-0.2, -0.15) is 5.10 Å². The van der Waals surface area contributed by atoms with E-state index in [4.69, 9.17) is 4.74 Å². The third-order valence-corrected chi connectivity index (χ3v) is 3.81. The van der Waals surface area contributed by atoms with E-state index in [0.717, 1.165) is 39.0 Å². The molecule has 1 aliphatic rings. The molecule has 4 heteroatoms. The summed E-state index contributed by atoms with van der Waals surface area (Å²) in [6, 6.07) is 2.67. The van der Waals surface area contributed by atoms with E-state index in [1.54, 1.807) is 0 Å². The Morgan fingerprint density at radius 1 is 1.44 bits per heavy atom. The minimum atomic E-state index is 0.414. The van der Waals surface area contributed by atoms with E-state index < -0.39 is 0 Å². The van der Waals surface area contributed by atoms with Gasteiger partial charge >= 0.3 is 0 Å². The van der Waals surface area contributed by atoms with Crippen molar-refractivity contribution in [2.45, 2.75) is 39.2 Å². The number of ether oxygens (including phenoxy) is 1. The van der Waals surface area contributed by atoms with Gasteiger partial charge in [0.05, 0.1) is 17.4 Å². The highest BCUT2D eigenvalue weighted by Gasteiger charge is 2.27. The quantitative estimate of drug-likeness (QED) is 0.870. The molecule has 1 unspecified atom stereocenters. The molecule has 1 fully saturated rings. The molecule has 0 amide bonds. The first kappa shape index (κ1) is 13.6. The van der Waals surface area contributed by atoms with Gasteiger partial charge in [-0.3, -0.25) is 4.68 Å². The van der Waals surface area contributed by atoms with Crippen molar-refractivity contribution in [3.05, 3.63) is 17.5 Å². The molecule has 4 nitrogen and oxygen atoms in total. The van der Waals surface area contributed by atoms with Gasteiger partial charge in [-0.25, -0.2) is 0 Å². The minimum absolute atomic E-state index is 0.414. The predicted molar refractivity (Wildman–Crippen MR) is 72.5 cm³/mol. The molecule has 2 heterocycles. The maximum absolute atomic E-state index is 5.47. The van der Waals surface area contributed by atoms with Crippen molar-refractivity contribution in [1.29, 1.82) is 0 Å². The third-order valence-electron chi connectivity index (χ3n) is 3.81. The largest absolute Gasteiger partial charge is 0.381 e. The second-order valence-corrected chi connectivity index (χ2v) is 5.02. The summed E-state index contributed by atoms with van der Waals surface area (Å²) in [5.74, 6) is 0.666. The van der Waals surface area contributed by atoms with Crippen molar-refractivity contribution in [1.82, 2.24) is 15.1 Å². The molecule has 0 bridgehead atoms. The Morgan fingerprint density at radius 3 is 2.72 bits per heavy atom. The van der Waals surface area contributed by atoms with Crippen LogP contribution in [-0.4, -0.2) is 29.5 Å². The maximum atomic E-state index is 5.47. The average molecular weight is 251 g/mol. The first-order valence-electron chi connectivity index (χ1n) is 7.10. The molecule has 0 spiro atoms. The summed E-state index contributed by atoms with van der Waals surface area (Å²) in [7, 11) is 2.05. The summed E-state index contributed by atoms with van der Waals surface area (Å²) < 4.78 is 7.51. The van der Waals surface area contributed by atoms with E-state index in [2.05, 4.69) is 37.4 Å². The van der Waals surface area contributed by atoms with Crippen LogP contribution in [0.25, 0.3) is 0 Å². The number of nitrogens with one attached hydrogen (secondary N) is 1. The van der Waals surface area contributed by atoms with Crippen LogP contribution in [0.5, 0.6) is 0 Å². The predicted octanol–water partition coefficient (Wildman–Crippen LogP) is 2.06. The normalized spacial score (nSPS) is 19.1. The molecule has 102 valence electrons. The van der Waals surface area contributed by atoms with Gasteiger partial charge in [0.25, 0.3) is 0 Å². The van der Waals surface area contributed by atoms with Crippen LogP contribution in [0.3, 0.4) is 0 Å². The van der Waals surface area contributed by atoms with Gasteiger partial charge in [-0.05, 0) is 37.8 Å². The summed E-state index contributed by atoms with van der Waals surface area (Å²) in [6.45, 7) is 7.11. The van der Waals surface area contributed by atoms with Gasteiger partial charge in [0, 0.05) is 20.3 Å². The van der Waals surface area contributed by atoms with Crippen LogP contribution in [0.15, 0.2) is 6.07 Å². The molecule has 1 N–H and O–H groups in total. The first-order chi connectivity index (χ1) is 8.76. The standard InChI is InChI=1S/C14H25N3O/c1-4-12-10-13(17(3)16-12)14(15-5-2)11-6-8-18-9-7-11/h10-11,14-15H,4-9H2,1-3H3. The third kappa shape index (κ3) is 2.93. The van der Waals surface area contributed by atoms with E-state index in [0.29, 0.717) is 12.0 Å². The van der Waals surface area contributed by atoms with Crippen LogP contribution in [0, 0.1) is 5.92 Å². The molecule has 0 radical (unpaired) electrons. The summed E-state index contributed by atoms with van der Waals surface area (Å²) in [5, 5.41) is 8.20. The van der Waals surface area contributed by atoms with Crippen molar-refractivity contribution in [3.63, 3.8) is 0 Å². The van der Waals surface area contributed by atoms with Crippen molar-refractivity contribution in [2.24, 2.45) is 13.0 Å². The maximum Gasteiger partial charge on any atom is 0.0625 e. The monoisotopic (exact) mass is 251 g/mol. The zero-order valence-electron chi connectivity index (χ0n) is 11.8. The topological polar surface area (TPSA) is 39.1 Å². The van der Waals surface area contributed by atoms with Crippen LogP contribution in [0.4, 0.5) is 0 Å². The van der Waals surface area contributed by atoms with Crippen molar-refractivity contribution in [3.8, 4) is 0 Å². The van der Waals surface area contributed by atoms with E-state index >= 15 is 0 Å². The number of nitrogens with zero attached hydrogens (tertiary/aromatic N) is 2. The number of hydrogen-bond donors (Lipinski definition) is 1. The molecule has 0 aromatic carbocycles. The smallest absolute Gasteiger partial charge is 0.0625 e. The zero-order chi connectivity index (χ0) is 13.0. The molecule has 0 saturated carbocycles. The Balaban J connectivity index is 2.19. The molecule has 1 atom stereocenters. The Morgan fingerprint density at radius 2 is 2.17 bits per heavy atom. The molecule has 18 heavy (non-hydrogen) atoms. The van der Waals surface area contributed by atoms with Crippen molar-refractivity contribution < 1.29 is 4.74 Å². The SMILES string of the molecule is CCNC(c1cc(CC)nn1C)C1CCOCC1. The Kier molecular flexibility index (Phi) is 4.78. The molecule has 1 aliphatic heterocycles. The fourth-order valence-corrected chi connectivity index (χ4v) is 2.79. The van der Waals surface area contributed by atoms with Gasteiger partial charge in [0.15, 0.2) is 0 Å². The summed E-state index contributed by atoms with van der Waals surface area (Å²) in [6.07, 6.45) is 3.29. The zero-order valence-corrected chi connectivity index (χ0v) is 11.8. The molecule has 1 aromatic heterocycles. The van der Waals surface area contributed by atoms with Gasteiger partial charge in [-0.15, -0.1) is 0 Å². The van der Waals surface area contributed by atoms with Crippen LogP contribution in [-0.2, 0) is 18.2 Å². The van der Waals surface area contributed by atoms with Gasteiger partial charge in [0.1, 0.15) is 0 Å². The summed E-state index contributed by atoms with van der Waals surface area (Å²) in [5.41, 5.74) is 2.50. The molecular formula is C14H25N3O. The number of aromatic nitrogens is 2. The van der Waals surface area contributed by atoms with E-state index in [1.807, 2.05) is 4.68 Å². The second-order valence-electron chi connectivity index (χ2n) is 5.02. The van der Waals surface area contributed by atoms with E-state index in [-0.39, 0.29) is 0 Å². The molecule has 2 rings (SSSR count). The lowest BCUT2D eigenvalue weighted by atomic mass is 9.89. The summed E-state index contributed by atoms with van der Waals surface area (Å²) in [4.78, 5) is 0. The second kappa shape index (κ2) is 6.34. The molecule has 0 aliphatic carbocycles. The van der Waals surface area contributed by atoms with Gasteiger partial charge in [-0.1, -0.05) is 13.8 Å². The van der Waals surface area contributed by atoms with Gasteiger partial charge in [0.2, 0.25) is 0 Å². The summed E-state index contributed by atoms with van der Waals surface area (Å²) >= 11 is 0.